The van der Waals surface area contributed by atoms with Crippen LogP contribution in [0.1, 0.15) is 0 Å². The van der Waals surface area contributed by atoms with Crippen LogP contribution in [0.2, 0.25) is 0 Å². The highest BCUT2D eigenvalue weighted by molar-refractivity contribution is 7.38. The third-order valence-electron chi connectivity index (χ3n) is 10.0. The van der Waals surface area contributed by atoms with E-state index < -0.39 is 0 Å². The molecular formula is C47H28N4S3. The van der Waals surface area contributed by atoms with Crippen LogP contribution in [0.4, 0.5) is 0 Å². The van der Waals surface area contributed by atoms with E-state index in [0.29, 0.717) is 17.5 Å². The first-order chi connectivity index (χ1) is 26.8. The Morgan fingerprint density at radius 2 is 0.870 bits per heavy atom. The lowest BCUT2D eigenvalue weighted by molar-refractivity contribution is 1.07. The molecule has 5 heterocycles. The first-order valence-electron chi connectivity index (χ1n) is 17.7. The Kier molecular flexibility index (Phi) is 7.36. The molecule has 0 bridgehead atoms. The minimum Gasteiger partial charge on any atom is -0.309 e. The lowest BCUT2D eigenvalue weighted by Crippen LogP contribution is -2.00. The van der Waals surface area contributed by atoms with E-state index in [1.54, 1.807) is 0 Å². The van der Waals surface area contributed by atoms with Gasteiger partial charge in [0.15, 0.2) is 17.5 Å². The predicted octanol–water partition coefficient (Wildman–Crippen LogP) is 13.8. The second-order valence-electron chi connectivity index (χ2n) is 13.3. The fourth-order valence-electron chi connectivity index (χ4n) is 7.47. The van der Waals surface area contributed by atoms with Gasteiger partial charge in [0, 0.05) is 55.0 Å². The molecule has 54 heavy (non-hydrogen) atoms. The molecule has 0 N–H and O–H groups in total. The van der Waals surface area contributed by atoms with Crippen molar-refractivity contribution < 1.29 is 0 Å². The molecule has 11 aromatic rings. The number of rotatable bonds is 6. The molecule has 7 heteroatoms. The maximum atomic E-state index is 5.00. The van der Waals surface area contributed by atoms with Crippen LogP contribution in [0, 0.1) is 0 Å². The van der Waals surface area contributed by atoms with Crippen molar-refractivity contribution in [2.45, 2.75) is 0 Å². The van der Waals surface area contributed by atoms with Crippen LogP contribution >= 0.6 is 34.0 Å². The molecule has 0 spiro atoms. The summed E-state index contributed by atoms with van der Waals surface area (Å²) in [5.74, 6) is 1.99. The maximum absolute atomic E-state index is 5.00. The summed E-state index contributed by atoms with van der Waals surface area (Å²) in [6.07, 6.45) is 0. The molecule has 0 aliphatic rings. The molecule has 0 atom stereocenters. The first-order valence-corrected chi connectivity index (χ1v) is 20.3. The van der Waals surface area contributed by atoms with Crippen LogP contribution in [0.5, 0.6) is 0 Å². The zero-order valence-electron chi connectivity index (χ0n) is 28.7. The van der Waals surface area contributed by atoms with Crippen LogP contribution in [-0.2, 0) is 0 Å². The van der Waals surface area contributed by atoms with Crippen LogP contribution in [-0.4, -0.2) is 19.5 Å². The van der Waals surface area contributed by atoms with E-state index in [0.717, 1.165) is 22.3 Å². The van der Waals surface area contributed by atoms with Crippen LogP contribution in [0.25, 0.3) is 103 Å². The molecule has 5 aromatic heterocycles. The molecular weight excluding hydrogens is 717 g/mol. The average Bonchev–Trinajstić information content (AvgIpc) is 4.01. The Balaban J connectivity index is 1.01. The quantitative estimate of drug-likeness (QED) is 0.170. The lowest BCUT2D eigenvalue weighted by Gasteiger charge is -2.09. The number of hydrogen-bond acceptors (Lipinski definition) is 6. The molecule has 6 aromatic carbocycles. The van der Waals surface area contributed by atoms with E-state index in [-0.39, 0.29) is 0 Å². The third kappa shape index (κ3) is 5.12. The average molecular weight is 745 g/mol. The van der Waals surface area contributed by atoms with Gasteiger partial charge in [0.2, 0.25) is 0 Å². The zero-order chi connectivity index (χ0) is 35.6. The van der Waals surface area contributed by atoms with Gasteiger partial charge in [0.1, 0.15) is 0 Å². The van der Waals surface area contributed by atoms with Gasteiger partial charge in [-0.25, -0.2) is 15.0 Å². The number of fused-ring (bicyclic) bond motifs is 6. The molecule has 0 fully saturated rings. The lowest BCUT2D eigenvalue weighted by atomic mass is 10.0. The molecule has 0 amide bonds. The topological polar surface area (TPSA) is 43.6 Å². The number of hydrogen-bond donors (Lipinski definition) is 0. The highest BCUT2D eigenvalue weighted by atomic mass is 32.1. The van der Waals surface area contributed by atoms with Gasteiger partial charge in [0.25, 0.3) is 0 Å². The molecule has 4 nitrogen and oxygen atoms in total. The van der Waals surface area contributed by atoms with Gasteiger partial charge in [-0.1, -0.05) is 121 Å². The smallest absolute Gasteiger partial charge is 0.164 e. The van der Waals surface area contributed by atoms with Crippen LogP contribution in [0.3, 0.4) is 0 Å². The minimum absolute atomic E-state index is 0.662. The van der Waals surface area contributed by atoms with E-state index in [9.17, 15) is 0 Å². The van der Waals surface area contributed by atoms with Crippen molar-refractivity contribution in [3.05, 3.63) is 168 Å². The molecule has 11 rings (SSSR count). The monoisotopic (exact) mass is 744 g/mol. The Labute approximate surface area is 322 Å². The van der Waals surface area contributed by atoms with E-state index in [4.69, 9.17) is 15.0 Å². The normalized spacial score (nSPS) is 11.7. The van der Waals surface area contributed by atoms with E-state index in [1.807, 2.05) is 94.7 Å². The molecule has 0 aliphatic carbocycles. The standard InChI is InChI=1S/C47H28N4S3/c1-4-13-29(14-5-1)45-48-46(30-15-6-2-7-16-30)50-47(49-45)33-18-12-17-31(25-33)37-27-52-43-41(37)54-42-38(28-53-44(42)43)32-23-24-40-36(26-32)35-21-10-11-22-39(35)51(40)34-19-8-3-9-20-34/h1-28H. The summed E-state index contributed by atoms with van der Waals surface area (Å²) >= 11 is 5.59. The Morgan fingerprint density at radius 3 is 1.52 bits per heavy atom. The summed E-state index contributed by atoms with van der Waals surface area (Å²) in [6, 6.07) is 55.3. The summed E-state index contributed by atoms with van der Waals surface area (Å²) in [6.45, 7) is 0. The van der Waals surface area contributed by atoms with Gasteiger partial charge < -0.3 is 4.57 Å². The first kappa shape index (κ1) is 31.3. The summed E-state index contributed by atoms with van der Waals surface area (Å²) in [7, 11) is 0. The number of aromatic nitrogens is 4. The SMILES string of the molecule is c1ccc(-c2nc(-c3ccccc3)nc(-c3cccc(-c4csc5c4sc4c(-c6ccc7c(c6)c6ccccc6n7-c6ccccc6)csc45)c3)n2)cc1. The second-order valence-corrected chi connectivity index (χ2v) is 16.0. The largest absolute Gasteiger partial charge is 0.309 e. The number of nitrogens with zero attached hydrogens (tertiary/aromatic N) is 4. The maximum Gasteiger partial charge on any atom is 0.164 e. The fraction of sp³-hybridized carbons (Fsp3) is 0. The van der Waals surface area contributed by atoms with Crippen molar-refractivity contribution in [3.8, 4) is 62.1 Å². The molecule has 0 saturated carbocycles. The Bertz CT molecular complexity index is 3100. The van der Waals surface area contributed by atoms with Gasteiger partial charge >= 0.3 is 0 Å². The summed E-state index contributed by atoms with van der Waals surface area (Å²) in [5, 5.41) is 7.19. The summed E-state index contributed by atoms with van der Waals surface area (Å²) in [5.41, 5.74) is 11.5. The van der Waals surface area contributed by atoms with Crippen molar-refractivity contribution >= 4 is 74.6 Å². The van der Waals surface area contributed by atoms with Crippen molar-refractivity contribution in [3.63, 3.8) is 0 Å². The predicted molar refractivity (Wildman–Crippen MR) is 230 cm³/mol. The highest BCUT2D eigenvalue weighted by Gasteiger charge is 2.20. The van der Waals surface area contributed by atoms with Gasteiger partial charge in [-0.15, -0.1) is 34.0 Å². The van der Waals surface area contributed by atoms with Crippen LogP contribution < -0.4 is 0 Å². The zero-order valence-corrected chi connectivity index (χ0v) is 31.1. The van der Waals surface area contributed by atoms with Gasteiger partial charge in [-0.2, -0.15) is 0 Å². The molecule has 0 aliphatic heterocycles. The molecule has 0 unspecified atom stereocenters. The molecule has 0 radical (unpaired) electrons. The summed E-state index contributed by atoms with van der Waals surface area (Å²) < 4.78 is 7.77. The van der Waals surface area contributed by atoms with Gasteiger partial charge in [0.05, 0.1) is 29.8 Å². The van der Waals surface area contributed by atoms with Gasteiger partial charge in [-0.05, 0) is 47.5 Å². The van der Waals surface area contributed by atoms with Crippen molar-refractivity contribution in [1.29, 1.82) is 0 Å². The fourth-order valence-corrected chi connectivity index (χ4v) is 11.6. The number of thiophene rings is 3. The van der Waals surface area contributed by atoms with Crippen LogP contribution in [0.15, 0.2) is 168 Å². The van der Waals surface area contributed by atoms with Crippen molar-refractivity contribution in [1.82, 2.24) is 19.5 Å². The highest BCUT2D eigenvalue weighted by Crippen LogP contribution is 2.50. The van der Waals surface area contributed by atoms with E-state index in [1.165, 1.54) is 63.0 Å². The minimum atomic E-state index is 0.662. The molecule has 0 saturated heterocycles. The second kappa shape index (κ2) is 12.7. The van der Waals surface area contributed by atoms with Crippen molar-refractivity contribution in [2.75, 3.05) is 0 Å². The van der Waals surface area contributed by atoms with E-state index in [2.05, 4.69) is 112 Å². The number of para-hydroxylation sites is 2. The van der Waals surface area contributed by atoms with E-state index >= 15 is 0 Å². The van der Waals surface area contributed by atoms with Crippen molar-refractivity contribution in [2.24, 2.45) is 0 Å². The Hall–Kier alpha value is -6.25. The number of benzene rings is 6. The Morgan fingerprint density at radius 1 is 0.370 bits per heavy atom. The van der Waals surface area contributed by atoms with Gasteiger partial charge in [-0.3, -0.25) is 0 Å². The third-order valence-corrected chi connectivity index (χ3v) is 13.7. The molecule has 254 valence electrons. The summed E-state index contributed by atoms with van der Waals surface area (Å²) in [4.78, 5) is 14.9.